The second-order valence-corrected chi connectivity index (χ2v) is 6.26. The van der Waals surface area contributed by atoms with Gasteiger partial charge in [-0.1, -0.05) is 30.5 Å². The highest BCUT2D eigenvalue weighted by molar-refractivity contribution is 8.13. The fourth-order valence-electron chi connectivity index (χ4n) is 2.44. The minimum atomic E-state index is 0.745. The number of likely N-dealkylation sites (N-methyl/N-ethyl adjacent to an activating group) is 1. The van der Waals surface area contributed by atoms with Gasteiger partial charge in [0.2, 0.25) is 0 Å². The van der Waals surface area contributed by atoms with Gasteiger partial charge in [-0.2, -0.15) is 0 Å². The molecule has 22 heavy (non-hydrogen) atoms. The third-order valence-electron chi connectivity index (χ3n) is 3.75. The minimum Gasteiger partial charge on any atom is -0.497 e. The third kappa shape index (κ3) is 4.78. The summed E-state index contributed by atoms with van der Waals surface area (Å²) in [6.07, 6.45) is 2.82. The Hall–Kier alpha value is -1.46. The van der Waals surface area contributed by atoms with Crippen LogP contribution in [0.5, 0.6) is 5.75 Å². The maximum absolute atomic E-state index is 5.26. The van der Waals surface area contributed by atoms with Crippen LogP contribution >= 0.6 is 11.8 Å². The fourth-order valence-corrected chi connectivity index (χ4v) is 3.10. The van der Waals surface area contributed by atoms with E-state index < -0.39 is 0 Å². The normalized spacial score (nSPS) is 16.7. The number of hydrogen-bond acceptors (Lipinski definition) is 4. The molecule has 1 heterocycles. The van der Waals surface area contributed by atoms with Crippen LogP contribution in [0.1, 0.15) is 5.56 Å². The fraction of sp³-hybridized carbons (Fsp3) is 0.471. The number of aliphatic imine (C=N–C) groups is 1. The molecule has 1 aliphatic heterocycles. The molecule has 1 aliphatic rings. The summed E-state index contributed by atoms with van der Waals surface area (Å²) < 4.78 is 5.26. The molecule has 2 rings (SSSR count). The second kappa shape index (κ2) is 8.25. The van der Waals surface area contributed by atoms with E-state index in [-0.39, 0.29) is 0 Å². The highest BCUT2D eigenvalue weighted by Crippen LogP contribution is 2.17. The van der Waals surface area contributed by atoms with E-state index in [1.807, 2.05) is 18.2 Å². The zero-order valence-electron chi connectivity index (χ0n) is 13.7. The van der Waals surface area contributed by atoms with Crippen LogP contribution in [0.25, 0.3) is 0 Å². The maximum atomic E-state index is 5.26. The van der Waals surface area contributed by atoms with Gasteiger partial charge in [0.1, 0.15) is 5.75 Å². The second-order valence-electron chi connectivity index (χ2n) is 5.48. The van der Waals surface area contributed by atoms with Gasteiger partial charge in [-0.3, -0.25) is 0 Å². The molecule has 0 aromatic heterocycles. The Bertz CT molecular complexity index is 536. The zero-order chi connectivity index (χ0) is 15.9. The first-order valence-corrected chi connectivity index (χ1v) is 8.71. The van der Waals surface area contributed by atoms with Crippen molar-refractivity contribution in [3.8, 4) is 5.75 Å². The van der Waals surface area contributed by atoms with Gasteiger partial charge >= 0.3 is 0 Å². The average Bonchev–Trinajstić information content (AvgIpc) is 2.53. The Balaban J connectivity index is 2.00. The number of amidine groups is 1. The summed E-state index contributed by atoms with van der Waals surface area (Å²) in [5.74, 6) is 0.874. The van der Waals surface area contributed by atoms with Gasteiger partial charge < -0.3 is 14.5 Å². The highest BCUT2D eigenvalue weighted by Gasteiger charge is 2.17. The van der Waals surface area contributed by atoms with Crippen LogP contribution in [0, 0.1) is 0 Å². The molecule has 0 aliphatic carbocycles. The van der Waals surface area contributed by atoms with Crippen LogP contribution in [0.2, 0.25) is 0 Å². The number of nitrogens with zero attached hydrogens (tertiary/aromatic N) is 3. The number of rotatable bonds is 4. The number of hydrogen-bond donors (Lipinski definition) is 0. The Morgan fingerprint density at radius 1 is 1.32 bits per heavy atom. The van der Waals surface area contributed by atoms with Gasteiger partial charge in [0, 0.05) is 38.3 Å². The molecular weight excluding hydrogens is 294 g/mol. The SMILES string of the molecule is C=C(Cc1cccc(OC)c1)N=C(SC)N1CCN(C)CC1. The van der Waals surface area contributed by atoms with E-state index >= 15 is 0 Å². The number of thioether (sulfide) groups is 1. The van der Waals surface area contributed by atoms with E-state index in [0.717, 1.165) is 49.2 Å². The lowest BCUT2D eigenvalue weighted by atomic mass is 10.1. The summed E-state index contributed by atoms with van der Waals surface area (Å²) in [5, 5.41) is 1.07. The standard InChI is InChI=1S/C17H25N3OS/c1-14(12-15-6-5-7-16(13-15)21-3)18-17(22-4)20-10-8-19(2)9-11-20/h5-7,13H,1,8-12H2,2-4H3. The van der Waals surface area contributed by atoms with Gasteiger partial charge in [0.05, 0.1) is 7.11 Å². The largest absolute Gasteiger partial charge is 0.497 e. The van der Waals surface area contributed by atoms with Crippen molar-refractivity contribution < 1.29 is 4.74 Å². The molecular formula is C17H25N3OS. The summed E-state index contributed by atoms with van der Waals surface area (Å²) in [6, 6.07) is 8.07. The monoisotopic (exact) mass is 319 g/mol. The molecule has 0 spiro atoms. The van der Waals surface area contributed by atoms with E-state index in [9.17, 15) is 0 Å². The van der Waals surface area contributed by atoms with E-state index in [1.165, 1.54) is 5.56 Å². The minimum absolute atomic E-state index is 0.745. The maximum Gasteiger partial charge on any atom is 0.163 e. The lowest BCUT2D eigenvalue weighted by molar-refractivity contribution is 0.218. The number of methoxy groups -OCH3 is 1. The molecule has 0 saturated carbocycles. The van der Waals surface area contributed by atoms with Crippen LogP contribution < -0.4 is 4.74 Å². The van der Waals surface area contributed by atoms with Gasteiger partial charge in [0.15, 0.2) is 5.17 Å². The van der Waals surface area contributed by atoms with Crippen molar-refractivity contribution in [1.82, 2.24) is 9.80 Å². The average molecular weight is 319 g/mol. The van der Waals surface area contributed by atoms with Crippen molar-refractivity contribution in [2.24, 2.45) is 4.99 Å². The zero-order valence-corrected chi connectivity index (χ0v) is 14.5. The number of ether oxygens (including phenoxy) is 1. The Kier molecular flexibility index (Phi) is 6.34. The summed E-state index contributed by atoms with van der Waals surface area (Å²) in [6.45, 7) is 8.36. The van der Waals surface area contributed by atoms with Crippen LogP contribution in [-0.2, 0) is 6.42 Å². The molecule has 4 nitrogen and oxygen atoms in total. The molecule has 120 valence electrons. The van der Waals surface area contributed by atoms with Gasteiger partial charge in [-0.15, -0.1) is 0 Å². The summed E-state index contributed by atoms with van der Waals surface area (Å²) in [4.78, 5) is 9.44. The number of benzene rings is 1. The number of allylic oxidation sites excluding steroid dienone is 1. The topological polar surface area (TPSA) is 28.1 Å². The molecule has 1 saturated heterocycles. The molecule has 0 unspecified atom stereocenters. The van der Waals surface area contributed by atoms with Gasteiger partial charge in [-0.25, -0.2) is 4.99 Å². The summed E-state index contributed by atoms with van der Waals surface area (Å²) >= 11 is 1.70. The molecule has 0 atom stereocenters. The molecule has 1 fully saturated rings. The molecule has 0 bridgehead atoms. The molecule has 1 aromatic carbocycles. The highest BCUT2D eigenvalue weighted by atomic mass is 32.2. The molecule has 0 N–H and O–H groups in total. The van der Waals surface area contributed by atoms with Crippen molar-refractivity contribution in [3.05, 3.63) is 42.1 Å². The summed E-state index contributed by atoms with van der Waals surface area (Å²) in [5.41, 5.74) is 2.06. The summed E-state index contributed by atoms with van der Waals surface area (Å²) in [7, 11) is 3.85. The van der Waals surface area contributed by atoms with Crippen molar-refractivity contribution >= 4 is 16.9 Å². The van der Waals surface area contributed by atoms with E-state index in [2.05, 4.69) is 35.7 Å². The van der Waals surface area contributed by atoms with E-state index in [1.54, 1.807) is 18.9 Å². The Morgan fingerprint density at radius 2 is 2.05 bits per heavy atom. The third-order valence-corrected chi connectivity index (χ3v) is 4.47. The van der Waals surface area contributed by atoms with Crippen LogP contribution in [0.15, 0.2) is 41.5 Å². The smallest absolute Gasteiger partial charge is 0.163 e. The molecule has 0 amide bonds. The molecule has 5 heteroatoms. The van der Waals surface area contributed by atoms with Gasteiger partial charge in [-0.05, 0) is 31.0 Å². The number of piperazine rings is 1. The predicted octanol–water partition coefficient (Wildman–Crippen LogP) is 2.72. The first-order chi connectivity index (χ1) is 10.6. The Morgan fingerprint density at radius 3 is 2.68 bits per heavy atom. The van der Waals surface area contributed by atoms with Crippen LogP contribution in [0.3, 0.4) is 0 Å². The van der Waals surface area contributed by atoms with Crippen molar-refractivity contribution in [3.63, 3.8) is 0 Å². The lowest BCUT2D eigenvalue weighted by Gasteiger charge is -2.34. The van der Waals surface area contributed by atoms with Gasteiger partial charge in [0.25, 0.3) is 0 Å². The van der Waals surface area contributed by atoms with Crippen LogP contribution in [0.4, 0.5) is 0 Å². The predicted molar refractivity (Wildman–Crippen MR) is 95.9 cm³/mol. The van der Waals surface area contributed by atoms with Crippen molar-refractivity contribution in [2.45, 2.75) is 6.42 Å². The Labute approximate surface area is 137 Å². The van der Waals surface area contributed by atoms with Crippen molar-refractivity contribution in [1.29, 1.82) is 0 Å². The van der Waals surface area contributed by atoms with Crippen LogP contribution in [-0.4, -0.2) is 61.6 Å². The quantitative estimate of drug-likeness (QED) is 0.630. The van der Waals surface area contributed by atoms with E-state index in [4.69, 9.17) is 9.73 Å². The first-order valence-electron chi connectivity index (χ1n) is 7.49. The lowest BCUT2D eigenvalue weighted by Crippen LogP contribution is -2.46. The first kappa shape index (κ1) is 16.9. The van der Waals surface area contributed by atoms with E-state index in [0.29, 0.717) is 0 Å². The molecule has 1 aromatic rings. The van der Waals surface area contributed by atoms with Crippen molar-refractivity contribution in [2.75, 3.05) is 46.6 Å². The molecule has 0 radical (unpaired) electrons.